The second-order valence-corrected chi connectivity index (χ2v) is 9.43. The van der Waals surface area contributed by atoms with Crippen molar-refractivity contribution in [3.8, 4) is 0 Å². The molecular weight excluding hydrogens is 412 g/mol. The number of aliphatic hydroxyl groups is 2. The van der Waals surface area contributed by atoms with Crippen LogP contribution in [0, 0.1) is 13.8 Å². The van der Waals surface area contributed by atoms with Crippen molar-refractivity contribution in [3.63, 3.8) is 0 Å². The lowest BCUT2D eigenvalue weighted by Gasteiger charge is -2.24. The number of nitrogens with zero attached hydrogens (tertiary/aromatic N) is 3. The van der Waals surface area contributed by atoms with E-state index in [1.165, 1.54) is 11.3 Å². The molecule has 0 bridgehead atoms. The quantitative estimate of drug-likeness (QED) is 0.320. The van der Waals surface area contributed by atoms with Crippen LogP contribution >= 0.6 is 11.3 Å². The second-order valence-electron chi connectivity index (χ2n) is 8.35. The number of ketones is 1. The monoisotopic (exact) mass is 449 g/mol. The summed E-state index contributed by atoms with van der Waals surface area (Å²) in [5, 5.41) is 22.2. The van der Waals surface area contributed by atoms with Crippen LogP contribution < -0.4 is 10.3 Å². The van der Waals surface area contributed by atoms with Crippen molar-refractivity contribution in [3.05, 3.63) is 33.2 Å². The lowest BCUT2D eigenvalue weighted by Crippen LogP contribution is -2.46. The van der Waals surface area contributed by atoms with E-state index in [0.717, 1.165) is 46.8 Å². The summed E-state index contributed by atoms with van der Waals surface area (Å²) >= 11 is 1.52. The third-order valence-electron chi connectivity index (χ3n) is 5.69. The minimum Gasteiger partial charge on any atom is -0.396 e. The van der Waals surface area contributed by atoms with Crippen LogP contribution in [0.3, 0.4) is 0 Å². The predicted octanol–water partition coefficient (Wildman–Crippen LogP) is 3.13. The minimum absolute atomic E-state index is 0.0406. The molecule has 0 aliphatic carbocycles. The van der Waals surface area contributed by atoms with Crippen LogP contribution in [0.25, 0.3) is 0 Å². The van der Waals surface area contributed by atoms with Gasteiger partial charge in [0.2, 0.25) is 0 Å². The summed E-state index contributed by atoms with van der Waals surface area (Å²) in [7, 11) is 0. The highest BCUT2D eigenvalue weighted by Crippen LogP contribution is 2.36. The van der Waals surface area contributed by atoms with Crippen molar-refractivity contribution in [2.45, 2.75) is 91.2 Å². The molecule has 31 heavy (non-hydrogen) atoms. The SMILES string of the molecule is CCCCCCC(O)(CCC(C)=O)c1sc(CCO)c(C)[n+]1Cc1cnc(C)nc1N. The average molecular weight is 450 g/mol. The number of thiazole rings is 1. The van der Waals surface area contributed by atoms with Crippen LogP contribution in [0.5, 0.6) is 0 Å². The van der Waals surface area contributed by atoms with Crippen LogP contribution in [0.4, 0.5) is 5.82 Å². The molecular formula is C23H37N4O3S+. The molecule has 2 heterocycles. The number of aromatic nitrogens is 3. The normalized spacial score (nSPS) is 13.4. The third-order valence-corrected chi connectivity index (χ3v) is 7.23. The van der Waals surface area contributed by atoms with E-state index < -0.39 is 5.60 Å². The summed E-state index contributed by atoms with van der Waals surface area (Å²) in [6.45, 7) is 8.00. The van der Waals surface area contributed by atoms with Gasteiger partial charge < -0.3 is 20.7 Å². The molecule has 0 saturated heterocycles. The van der Waals surface area contributed by atoms with E-state index in [1.54, 1.807) is 20.0 Å². The van der Waals surface area contributed by atoms with E-state index in [2.05, 4.69) is 21.5 Å². The molecule has 0 aromatic carbocycles. The van der Waals surface area contributed by atoms with E-state index in [0.29, 0.717) is 43.9 Å². The fourth-order valence-corrected chi connectivity index (χ4v) is 5.18. The highest BCUT2D eigenvalue weighted by molar-refractivity contribution is 7.11. The first-order valence-electron chi connectivity index (χ1n) is 11.1. The Bertz CT molecular complexity index is 884. The fraction of sp³-hybridized carbons (Fsp3) is 0.652. The number of carbonyl (C=O) groups is 1. The highest BCUT2D eigenvalue weighted by atomic mass is 32.1. The van der Waals surface area contributed by atoms with E-state index >= 15 is 0 Å². The number of anilines is 1. The van der Waals surface area contributed by atoms with Crippen molar-refractivity contribution in [1.29, 1.82) is 0 Å². The van der Waals surface area contributed by atoms with Gasteiger partial charge in [-0.1, -0.05) is 37.5 Å². The summed E-state index contributed by atoms with van der Waals surface area (Å²) in [5.41, 5.74) is 6.81. The molecule has 0 radical (unpaired) electrons. The summed E-state index contributed by atoms with van der Waals surface area (Å²) < 4.78 is 2.07. The van der Waals surface area contributed by atoms with Crippen molar-refractivity contribution in [1.82, 2.24) is 9.97 Å². The number of rotatable bonds is 13. The van der Waals surface area contributed by atoms with E-state index in [-0.39, 0.29) is 12.4 Å². The maximum atomic E-state index is 11.8. The number of nitrogens with two attached hydrogens (primary N) is 1. The predicted molar refractivity (Wildman–Crippen MR) is 123 cm³/mol. The Morgan fingerprint density at radius 3 is 2.61 bits per heavy atom. The van der Waals surface area contributed by atoms with Crippen molar-refractivity contribution < 1.29 is 19.6 Å². The Morgan fingerprint density at radius 2 is 2.00 bits per heavy atom. The molecule has 2 aromatic rings. The van der Waals surface area contributed by atoms with Crippen LogP contribution in [-0.4, -0.2) is 32.6 Å². The van der Waals surface area contributed by atoms with E-state index in [4.69, 9.17) is 5.73 Å². The fourth-order valence-electron chi connectivity index (χ4n) is 3.79. The first kappa shape index (κ1) is 25.4. The minimum atomic E-state index is -1.11. The molecule has 0 amide bonds. The van der Waals surface area contributed by atoms with E-state index in [1.807, 2.05) is 6.92 Å². The molecule has 0 spiro atoms. The van der Waals surface area contributed by atoms with Crippen LogP contribution in [-0.2, 0) is 23.4 Å². The maximum absolute atomic E-state index is 11.8. The lowest BCUT2D eigenvalue weighted by molar-refractivity contribution is -0.703. The average Bonchev–Trinajstić information content (AvgIpc) is 3.02. The number of aryl methyl sites for hydroxylation is 1. The number of hydrogen-bond donors (Lipinski definition) is 3. The van der Waals surface area contributed by atoms with Crippen molar-refractivity contribution in [2.24, 2.45) is 0 Å². The first-order valence-corrected chi connectivity index (χ1v) is 12.0. The number of hydrogen-bond acceptors (Lipinski definition) is 7. The Balaban J connectivity index is 2.49. The summed E-state index contributed by atoms with van der Waals surface area (Å²) in [4.78, 5) is 21.3. The smallest absolute Gasteiger partial charge is 0.270 e. The summed E-state index contributed by atoms with van der Waals surface area (Å²) in [6, 6.07) is 0. The van der Waals surface area contributed by atoms with Gasteiger partial charge in [0.05, 0.1) is 10.4 Å². The molecule has 4 N–H and O–H groups in total. The summed E-state index contributed by atoms with van der Waals surface area (Å²) in [6.07, 6.45) is 7.74. The zero-order valence-corrected chi connectivity index (χ0v) is 20.1. The van der Waals surface area contributed by atoms with Gasteiger partial charge in [-0.05, 0) is 33.1 Å². The Kier molecular flexibility index (Phi) is 9.53. The second kappa shape index (κ2) is 11.6. The van der Waals surface area contributed by atoms with Gasteiger partial charge in [-0.3, -0.25) is 0 Å². The van der Waals surface area contributed by atoms with Gasteiger partial charge in [-0.25, -0.2) is 9.97 Å². The number of carbonyl (C=O) groups excluding carboxylic acids is 1. The Morgan fingerprint density at radius 1 is 1.26 bits per heavy atom. The molecule has 7 nitrogen and oxygen atoms in total. The Labute approximate surface area is 189 Å². The van der Waals surface area contributed by atoms with Crippen LogP contribution in [0.2, 0.25) is 0 Å². The molecule has 0 fully saturated rings. The zero-order chi connectivity index (χ0) is 23.0. The molecule has 0 aliphatic heterocycles. The summed E-state index contributed by atoms with van der Waals surface area (Å²) in [5.74, 6) is 1.11. The van der Waals surface area contributed by atoms with Gasteiger partial charge >= 0.3 is 0 Å². The molecule has 1 unspecified atom stereocenters. The van der Waals surface area contributed by atoms with Gasteiger partial charge in [-0.15, -0.1) is 0 Å². The molecule has 8 heteroatoms. The standard InChI is InChI=1S/C23H37N4O3S/c1-5-6-7-8-11-23(30,12-9-16(2)29)22-27(17(3)20(31-22)10-13-28)15-19-14-25-18(4)26-21(19)24/h14,28,30H,5-13,15H2,1-4H3,(H2,24,25,26)/q+1. The molecule has 2 rings (SSSR count). The van der Waals surface area contributed by atoms with Gasteiger partial charge in [-0.2, -0.15) is 4.57 Å². The van der Waals surface area contributed by atoms with Gasteiger partial charge in [0, 0.05) is 32.6 Å². The van der Waals surface area contributed by atoms with Gasteiger partial charge in [0.15, 0.2) is 17.8 Å². The highest BCUT2D eigenvalue weighted by Gasteiger charge is 2.41. The molecule has 172 valence electrons. The zero-order valence-electron chi connectivity index (χ0n) is 19.3. The lowest BCUT2D eigenvalue weighted by atomic mass is 9.90. The molecule has 0 aliphatic rings. The molecule has 0 saturated carbocycles. The topological polar surface area (TPSA) is 113 Å². The van der Waals surface area contributed by atoms with E-state index in [9.17, 15) is 15.0 Å². The van der Waals surface area contributed by atoms with Gasteiger partial charge in [0.25, 0.3) is 5.01 Å². The van der Waals surface area contributed by atoms with Crippen LogP contribution in [0.1, 0.15) is 85.8 Å². The van der Waals surface area contributed by atoms with Gasteiger partial charge in [0.1, 0.15) is 17.4 Å². The number of aliphatic hydroxyl groups excluding tert-OH is 1. The van der Waals surface area contributed by atoms with Crippen molar-refractivity contribution >= 4 is 22.9 Å². The van der Waals surface area contributed by atoms with Crippen LogP contribution in [0.15, 0.2) is 6.20 Å². The molecule has 2 aromatic heterocycles. The largest absolute Gasteiger partial charge is 0.396 e. The number of nitrogen functional groups attached to an aromatic ring is 1. The van der Waals surface area contributed by atoms with Crippen molar-refractivity contribution in [2.75, 3.05) is 12.3 Å². The Hall–Kier alpha value is -1.90. The molecule has 1 atom stereocenters. The number of unbranched alkanes of at least 4 members (excludes halogenated alkanes) is 3. The maximum Gasteiger partial charge on any atom is 0.270 e. The third kappa shape index (κ3) is 6.79. The first-order chi connectivity index (χ1) is 14.7. The number of Topliss-reactive ketones (excluding diaryl/α,β-unsaturated/α-hetero) is 1.